The Hall–Kier alpha value is -0.270. The Labute approximate surface area is 125 Å². The van der Waals surface area contributed by atoms with Gasteiger partial charge in [0.15, 0.2) is 9.84 Å². The molecule has 2 atom stereocenters. The Morgan fingerprint density at radius 3 is 2.70 bits per heavy atom. The van der Waals surface area contributed by atoms with Crippen LogP contribution in [-0.4, -0.2) is 67.4 Å². The molecule has 5 nitrogen and oxygen atoms in total. The molecule has 2 rings (SSSR count). The van der Waals surface area contributed by atoms with Crippen LogP contribution < -0.4 is 5.32 Å². The highest BCUT2D eigenvalue weighted by Gasteiger charge is 2.44. The van der Waals surface area contributed by atoms with E-state index in [4.69, 9.17) is 0 Å². The molecule has 0 aliphatic carbocycles. The summed E-state index contributed by atoms with van der Waals surface area (Å²) in [6.45, 7) is 4.40. The van der Waals surface area contributed by atoms with Crippen LogP contribution in [0.25, 0.3) is 0 Å². The van der Waals surface area contributed by atoms with E-state index in [1.807, 2.05) is 25.6 Å². The SMILES string of the molecule is CNC1CS(=O)(=O)CC(C)(C)N(CC2CCSC2)C1=O. The zero-order valence-corrected chi connectivity index (χ0v) is 14.0. The lowest BCUT2D eigenvalue weighted by molar-refractivity contribution is -0.137. The summed E-state index contributed by atoms with van der Waals surface area (Å²) in [7, 11) is -1.56. The van der Waals surface area contributed by atoms with Gasteiger partial charge in [0.25, 0.3) is 0 Å². The molecule has 0 aromatic rings. The van der Waals surface area contributed by atoms with Crippen LogP contribution in [0.5, 0.6) is 0 Å². The molecule has 1 amide bonds. The Balaban J connectivity index is 2.27. The zero-order valence-electron chi connectivity index (χ0n) is 12.4. The fourth-order valence-corrected chi connectivity index (χ4v) is 6.46. The van der Waals surface area contributed by atoms with Gasteiger partial charge in [0.1, 0.15) is 6.04 Å². The van der Waals surface area contributed by atoms with E-state index in [0.717, 1.165) is 17.9 Å². The van der Waals surface area contributed by atoms with E-state index >= 15 is 0 Å². The van der Waals surface area contributed by atoms with Crippen molar-refractivity contribution in [2.45, 2.75) is 31.8 Å². The molecule has 116 valence electrons. The zero-order chi connectivity index (χ0) is 15.0. The summed E-state index contributed by atoms with van der Waals surface area (Å²) in [4.78, 5) is 14.5. The molecular weight excluding hydrogens is 296 g/mol. The van der Waals surface area contributed by atoms with Gasteiger partial charge in [-0.05, 0) is 44.7 Å². The van der Waals surface area contributed by atoms with E-state index in [-0.39, 0.29) is 17.4 Å². The smallest absolute Gasteiger partial charge is 0.241 e. The fraction of sp³-hybridized carbons (Fsp3) is 0.923. The molecule has 2 aliphatic heterocycles. The summed E-state index contributed by atoms with van der Waals surface area (Å²) in [6, 6.07) is -0.615. The van der Waals surface area contributed by atoms with E-state index in [0.29, 0.717) is 12.5 Å². The van der Waals surface area contributed by atoms with Gasteiger partial charge in [0, 0.05) is 6.54 Å². The van der Waals surface area contributed by atoms with Crippen molar-refractivity contribution in [2.24, 2.45) is 5.92 Å². The molecule has 0 spiro atoms. The van der Waals surface area contributed by atoms with Crippen LogP contribution in [-0.2, 0) is 14.6 Å². The summed E-state index contributed by atoms with van der Waals surface area (Å²) in [5, 5.41) is 2.87. The first kappa shape index (κ1) is 16.1. The largest absolute Gasteiger partial charge is 0.335 e. The first-order chi connectivity index (χ1) is 9.25. The monoisotopic (exact) mass is 320 g/mol. The maximum atomic E-state index is 12.7. The number of sulfone groups is 1. The van der Waals surface area contributed by atoms with Crippen molar-refractivity contribution in [1.29, 1.82) is 0 Å². The number of carbonyl (C=O) groups is 1. The van der Waals surface area contributed by atoms with E-state index in [9.17, 15) is 13.2 Å². The maximum Gasteiger partial charge on any atom is 0.241 e. The molecule has 0 aromatic carbocycles. The lowest BCUT2D eigenvalue weighted by Gasteiger charge is -2.39. The topological polar surface area (TPSA) is 66.5 Å². The molecule has 2 fully saturated rings. The highest BCUT2D eigenvalue weighted by atomic mass is 32.2. The lowest BCUT2D eigenvalue weighted by atomic mass is 10.00. The Bertz CT molecular complexity index is 470. The van der Waals surface area contributed by atoms with E-state index in [1.54, 1.807) is 11.9 Å². The minimum atomic E-state index is -3.22. The summed E-state index contributed by atoms with van der Waals surface area (Å²) in [5.74, 6) is 2.57. The molecule has 2 saturated heterocycles. The van der Waals surface area contributed by atoms with Crippen molar-refractivity contribution in [3.63, 3.8) is 0 Å². The van der Waals surface area contributed by atoms with E-state index in [2.05, 4.69) is 5.32 Å². The van der Waals surface area contributed by atoms with Crippen molar-refractivity contribution in [1.82, 2.24) is 10.2 Å². The van der Waals surface area contributed by atoms with Crippen LogP contribution in [0.15, 0.2) is 0 Å². The third-order valence-corrected chi connectivity index (χ3v) is 7.32. The predicted molar refractivity (Wildman–Crippen MR) is 82.7 cm³/mol. The van der Waals surface area contributed by atoms with Gasteiger partial charge in [-0.2, -0.15) is 11.8 Å². The van der Waals surface area contributed by atoms with E-state index < -0.39 is 21.4 Å². The third kappa shape index (κ3) is 3.49. The Kier molecular flexibility index (Phi) is 4.71. The van der Waals surface area contributed by atoms with Gasteiger partial charge in [-0.3, -0.25) is 4.79 Å². The molecule has 7 heteroatoms. The summed E-state index contributed by atoms with van der Waals surface area (Å²) >= 11 is 1.91. The predicted octanol–water partition coefficient (Wildman–Crippen LogP) is 0.363. The van der Waals surface area contributed by atoms with Crippen LogP contribution >= 0.6 is 11.8 Å². The first-order valence-corrected chi connectivity index (χ1v) is 10.00. The number of thioether (sulfide) groups is 1. The van der Waals surface area contributed by atoms with E-state index in [1.165, 1.54) is 0 Å². The highest BCUT2D eigenvalue weighted by molar-refractivity contribution is 7.99. The molecule has 20 heavy (non-hydrogen) atoms. The Morgan fingerprint density at radius 2 is 2.15 bits per heavy atom. The van der Waals surface area contributed by atoms with Crippen LogP contribution in [0.1, 0.15) is 20.3 Å². The van der Waals surface area contributed by atoms with Gasteiger partial charge < -0.3 is 10.2 Å². The second-order valence-corrected chi connectivity index (χ2v) is 9.65. The van der Waals surface area contributed by atoms with Crippen LogP contribution in [0.2, 0.25) is 0 Å². The summed E-state index contributed by atoms with van der Waals surface area (Å²) in [6.07, 6.45) is 1.11. The maximum absolute atomic E-state index is 12.7. The lowest BCUT2D eigenvalue weighted by Crippen LogP contribution is -2.55. The fourth-order valence-electron chi connectivity index (χ4n) is 3.02. The number of likely N-dealkylation sites (N-methyl/N-ethyl adjacent to an activating group) is 1. The number of nitrogens with one attached hydrogen (secondary N) is 1. The first-order valence-electron chi connectivity index (χ1n) is 7.02. The number of rotatable bonds is 3. The number of nitrogens with zero attached hydrogens (tertiary/aromatic N) is 1. The van der Waals surface area contributed by atoms with Crippen molar-refractivity contribution in [3.05, 3.63) is 0 Å². The average Bonchev–Trinajstić information content (AvgIpc) is 2.81. The number of amides is 1. The van der Waals surface area contributed by atoms with Gasteiger partial charge in [0.2, 0.25) is 5.91 Å². The molecule has 0 bridgehead atoms. The van der Waals surface area contributed by atoms with Crippen molar-refractivity contribution in [3.8, 4) is 0 Å². The second-order valence-electron chi connectivity index (χ2n) is 6.39. The van der Waals surface area contributed by atoms with Gasteiger partial charge >= 0.3 is 0 Å². The molecular formula is C13H24N2O3S2. The number of carbonyl (C=O) groups excluding carboxylic acids is 1. The molecule has 0 aromatic heterocycles. The highest BCUT2D eigenvalue weighted by Crippen LogP contribution is 2.29. The number of hydrogen-bond donors (Lipinski definition) is 1. The van der Waals surface area contributed by atoms with Crippen LogP contribution in [0, 0.1) is 5.92 Å². The van der Waals surface area contributed by atoms with Crippen LogP contribution in [0.3, 0.4) is 0 Å². The molecule has 2 aliphatic rings. The normalized spacial score (nSPS) is 33.1. The number of hydrogen-bond acceptors (Lipinski definition) is 5. The standard InChI is InChI=1S/C13H24N2O3S2/c1-13(2)9-20(17,18)8-11(14-3)12(16)15(13)6-10-4-5-19-7-10/h10-11,14H,4-9H2,1-3H3. The Morgan fingerprint density at radius 1 is 1.45 bits per heavy atom. The molecule has 1 N–H and O–H groups in total. The minimum Gasteiger partial charge on any atom is -0.335 e. The quantitative estimate of drug-likeness (QED) is 0.813. The average molecular weight is 320 g/mol. The molecule has 2 heterocycles. The summed E-state index contributed by atoms with van der Waals surface area (Å²) < 4.78 is 24.3. The molecule has 0 saturated carbocycles. The third-order valence-electron chi connectivity index (χ3n) is 4.10. The molecule has 0 radical (unpaired) electrons. The second kappa shape index (κ2) is 5.85. The van der Waals surface area contributed by atoms with Crippen molar-refractivity contribution < 1.29 is 13.2 Å². The van der Waals surface area contributed by atoms with Gasteiger partial charge in [-0.25, -0.2) is 8.42 Å². The van der Waals surface area contributed by atoms with Crippen molar-refractivity contribution >= 4 is 27.5 Å². The minimum absolute atomic E-state index is 0.0454. The summed E-state index contributed by atoms with van der Waals surface area (Å²) in [5.41, 5.74) is -0.630. The van der Waals surface area contributed by atoms with Crippen LogP contribution in [0.4, 0.5) is 0 Å². The van der Waals surface area contributed by atoms with Gasteiger partial charge in [0.05, 0.1) is 17.0 Å². The van der Waals surface area contributed by atoms with Gasteiger partial charge in [-0.15, -0.1) is 0 Å². The molecule has 2 unspecified atom stereocenters. The van der Waals surface area contributed by atoms with Gasteiger partial charge in [-0.1, -0.05) is 0 Å². The van der Waals surface area contributed by atoms with Crippen molar-refractivity contribution in [2.75, 3.05) is 36.6 Å².